The van der Waals surface area contributed by atoms with Crippen LogP contribution in [0.4, 0.5) is 5.82 Å². The van der Waals surface area contributed by atoms with Crippen LogP contribution in [0, 0.1) is 0 Å². The summed E-state index contributed by atoms with van der Waals surface area (Å²) in [6.45, 7) is 1.71. The molecule has 3 heterocycles. The van der Waals surface area contributed by atoms with Crippen molar-refractivity contribution < 1.29 is 9.90 Å². The third kappa shape index (κ3) is 2.77. The third-order valence-corrected chi connectivity index (χ3v) is 3.98. The Morgan fingerprint density at radius 2 is 2.35 bits per heavy atom. The Morgan fingerprint density at radius 1 is 1.45 bits per heavy atom. The van der Waals surface area contributed by atoms with Gasteiger partial charge in [-0.3, -0.25) is 0 Å². The molecule has 0 aliphatic carbocycles. The highest BCUT2D eigenvalue weighted by molar-refractivity contribution is 7.99. The smallest absolute Gasteiger partial charge is 0.354 e. The number of anilines is 1. The summed E-state index contributed by atoms with van der Waals surface area (Å²) in [5, 5.41) is 13.1. The summed E-state index contributed by atoms with van der Waals surface area (Å²) in [6, 6.07) is 4.92. The van der Waals surface area contributed by atoms with Crippen molar-refractivity contribution in [1.29, 1.82) is 0 Å². The SMILES string of the molecule is O=C(O)c1cccc(NCCc2cn3c(n2)SCC3)n1. The molecule has 3 rings (SSSR count). The number of aromatic carboxylic acids is 1. The first-order valence-corrected chi connectivity index (χ1v) is 7.34. The summed E-state index contributed by atoms with van der Waals surface area (Å²) in [5.41, 5.74) is 1.10. The molecular weight excluding hydrogens is 276 g/mol. The molecule has 1 aliphatic heterocycles. The van der Waals surface area contributed by atoms with E-state index in [2.05, 4.69) is 26.0 Å². The Bertz CT molecular complexity index is 620. The van der Waals surface area contributed by atoms with E-state index in [1.807, 2.05) is 0 Å². The van der Waals surface area contributed by atoms with E-state index in [0.29, 0.717) is 12.4 Å². The molecule has 2 N–H and O–H groups in total. The lowest BCUT2D eigenvalue weighted by Crippen LogP contribution is -2.09. The van der Waals surface area contributed by atoms with Gasteiger partial charge in [0, 0.05) is 31.5 Å². The van der Waals surface area contributed by atoms with E-state index in [9.17, 15) is 4.79 Å². The normalized spacial score (nSPS) is 13.2. The summed E-state index contributed by atoms with van der Waals surface area (Å²) in [5.74, 6) is 0.662. The minimum Gasteiger partial charge on any atom is -0.477 e. The number of carbonyl (C=O) groups is 1. The highest BCUT2D eigenvalue weighted by Crippen LogP contribution is 2.24. The van der Waals surface area contributed by atoms with Gasteiger partial charge >= 0.3 is 5.97 Å². The number of nitrogens with one attached hydrogen (secondary N) is 1. The fourth-order valence-electron chi connectivity index (χ4n) is 2.05. The molecule has 0 radical (unpaired) electrons. The summed E-state index contributed by atoms with van der Waals surface area (Å²) in [4.78, 5) is 19.4. The molecule has 0 saturated carbocycles. The average Bonchev–Trinajstić information content (AvgIpc) is 3.00. The number of carboxylic acid groups (broad SMARTS) is 1. The molecule has 1 aliphatic rings. The summed E-state index contributed by atoms with van der Waals surface area (Å²) >= 11 is 1.78. The Balaban J connectivity index is 1.56. The van der Waals surface area contributed by atoms with Crippen molar-refractivity contribution in [2.75, 3.05) is 17.6 Å². The standard InChI is InChI=1S/C13H14N4O2S/c18-12(19)10-2-1-3-11(16-10)14-5-4-9-8-17-6-7-20-13(17)15-9/h1-3,8H,4-7H2,(H,14,16)(H,18,19). The second kappa shape index (κ2) is 5.54. The van der Waals surface area contributed by atoms with E-state index < -0.39 is 5.97 Å². The number of rotatable bonds is 5. The number of nitrogens with zero attached hydrogens (tertiary/aromatic N) is 3. The van der Waals surface area contributed by atoms with Gasteiger partial charge in [-0.25, -0.2) is 14.8 Å². The van der Waals surface area contributed by atoms with Crippen molar-refractivity contribution in [2.24, 2.45) is 0 Å². The molecule has 0 fully saturated rings. The number of carboxylic acids is 1. The topological polar surface area (TPSA) is 80.0 Å². The monoisotopic (exact) mass is 290 g/mol. The minimum atomic E-state index is -1.02. The first-order chi connectivity index (χ1) is 9.72. The van der Waals surface area contributed by atoms with E-state index >= 15 is 0 Å². The van der Waals surface area contributed by atoms with Crippen molar-refractivity contribution in [3.05, 3.63) is 35.8 Å². The van der Waals surface area contributed by atoms with Crippen molar-refractivity contribution >= 4 is 23.5 Å². The first kappa shape index (κ1) is 13.0. The van der Waals surface area contributed by atoms with E-state index in [4.69, 9.17) is 5.11 Å². The van der Waals surface area contributed by atoms with Crippen molar-refractivity contribution in [1.82, 2.24) is 14.5 Å². The van der Waals surface area contributed by atoms with Crippen LogP contribution in [-0.2, 0) is 13.0 Å². The summed E-state index contributed by atoms with van der Waals surface area (Å²) < 4.78 is 2.17. The number of aromatic nitrogens is 3. The van der Waals surface area contributed by atoms with Crippen LogP contribution in [0.5, 0.6) is 0 Å². The lowest BCUT2D eigenvalue weighted by molar-refractivity contribution is 0.0690. The quantitative estimate of drug-likeness (QED) is 0.873. The number of aryl methyl sites for hydroxylation is 1. The fourth-order valence-corrected chi connectivity index (χ4v) is 3.02. The molecule has 0 spiro atoms. The van der Waals surface area contributed by atoms with Crippen LogP contribution in [0.15, 0.2) is 29.6 Å². The maximum atomic E-state index is 10.8. The molecule has 0 atom stereocenters. The molecule has 0 saturated heterocycles. The zero-order valence-electron chi connectivity index (χ0n) is 10.7. The van der Waals surface area contributed by atoms with E-state index in [1.54, 1.807) is 23.9 Å². The highest BCUT2D eigenvalue weighted by atomic mass is 32.2. The lowest BCUT2D eigenvalue weighted by Gasteiger charge is -2.04. The van der Waals surface area contributed by atoms with Gasteiger partial charge in [0.1, 0.15) is 5.82 Å². The number of hydrogen-bond donors (Lipinski definition) is 2. The van der Waals surface area contributed by atoms with Gasteiger partial charge in [0.2, 0.25) is 0 Å². The molecule has 0 bridgehead atoms. The molecule has 20 heavy (non-hydrogen) atoms. The van der Waals surface area contributed by atoms with Crippen molar-refractivity contribution in [2.45, 2.75) is 18.1 Å². The van der Waals surface area contributed by atoms with E-state index in [1.165, 1.54) is 6.07 Å². The molecule has 6 nitrogen and oxygen atoms in total. The van der Waals surface area contributed by atoms with Crippen molar-refractivity contribution in [3.8, 4) is 0 Å². The average molecular weight is 290 g/mol. The maximum absolute atomic E-state index is 10.8. The lowest BCUT2D eigenvalue weighted by atomic mass is 10.3. The van der Waals surface area contributed by atoms with Crippen molar-refractivity contribution in [3.63, 3.8) is 0 Å². The largest absolute Gasteiger partial charge is 0.477 e. The van der Waals surface area contributed by atoms with E-state index in [-0.39, 0.29) is 5.69 Å². The van der Waals surface area contributed by atoms with Crippen LogP contribution in [0.2, 0.25) is 0 Å². The molecule has 0 aromatic carbocycles. The predicted octanol–water partition coefficient (Wildman–Crippen LogP) is 1.74. The second-order valence-electron chi connectivity index (χ2n) is 4.45. The number of pyridine rings is 1. The molecule has 2 aromatic rings. The number of imidazole rings is 1. The van der Waals surface area contributed by atoms with E-state index in [0.717, 1.165) is 29.6 Å². The predicted molar refractivity (Wildman–Crippen MR) is 76.3 cm³/mol. The van der Waals surface area contributed by atoms with Gasteiger partial charge in [0.05, 0.1) is 5.69 Å². The zero-order chi connectivity index (χ0) is 13.9. The second-order valence-corrected chi connectivity index (χ2v) is 5.51. The van der Waals surface area contributed by atoms with Crippen LogP contribution in [-0.4, -0.2) is 37.9 Å². The van der Waals surface area contributed by atoms with Gasteiger partial charge in [-0.1, -0.05) is 17.8 Å². The molecule has 2 aromatic heterocycles. The van der Waals surface area contributed by atoms with Crippen LogP contribution >= 0.6 is 11.8 Å². The van der Waals surface area contributed by atoms with Crippen LogP contribution in [0.3, 0.4) is 0 Å². The van der Waals surface area contributed by atoms with Gasteiger partial charge in [-0.05, 0) is 12.1 Å². The fraction of sp³-hybridized carbons (Fsp3) is 0.308. The van der Waals surface area contributed by atoms with Gasteiger partial charge in [-0.2, -0.15) is 0 Å². The van der Waals surface area contributed by atoms with Gasteiger partial charge in [0.15, 0.2) is 10.9 Å². The van der Waals surface area contributed by atoms with Gasteiger partial charge in [-0.15, -0.1) is 0 Å². The van der Waals surface area contributed by atoms with Crippen LogP contribution in [0.1, 0.15) is 16.2 Å². The maximum Gasteiger partial charge on any atom is 0.354 e. The minimum absolute atomic E-state index is 0.0485. The Morgan fingerprint density at radius 3 is 3.15 bits per heavy atom. The molecule has 0 unspecified atom stereocenters. The Kier molecular flexibility index (Phi) is 3.60. The summed E-state index contributed by atoms with van der Waals surface area (Å²) in [7, 11) is 0. The molecule has 104 valence electrons. The zero-order valence-corrected chi connectivity index (χ0v) is 11.6. The van der Waals surface area contributed by atoms with Gasteiger partial charge < -0.3 is 15.0 Å². The molecule has 0 amide bonds. The Hall–Kier alpha value is -2.02. The van der Waals surface area contributed by atoms with Crippen LogP contribution in [0.25, 0.3) is 0 Å². The number of thioether (sulfide) groups is 1. The first-order valence-electron chi connectivity index (χ1n) is 6.35. The third-order valence-electron chi connectivity index (χ3n) is 3.01. The number of fused-ring (bicyclic) bond motifs is 1. The van der Waals surface area contributed by atoms with Crippen LogP contribution < -0.4 is 5.32 Å². The molecular formula is C13H14N4O2S. The summed E-state index contributed by atoms with van der Waals surface area (Å²) in [6.07, 6.45) is 2.87. The molecule has 7 heteroatoms. The van der Waals surface area contributed by atoms with Gasteiger partial charge in [0.25, 0.3) is 0 Å². The Labute approximate surface area is 120 Å². The number of hydrogen-bond acceptors (Lipinski definition) is 5. The highest BCUT2D eigenvalue weighted by Gasteiger charge is 2.13.